The van der Waals surface area contributed by atoms with Gasteiger partial charge in [-0.3, -0.25) is 14.4 Å². The van der Waals surface area contributed by atoms with E-state index in [1.54, 1.807) is 0 Å². The highest BCUT2D eigenvalue weighted by molar-refractivity contribution is 5.71. The summed E-state index contributed by atoms with van der Waals surface area (Å²) in [6.07, 6.45) is 85.8. The molecule has 0 aliphatic rings. The second-order valence-electron chi connectivity index (χ2n) is 23.8. The summed E-state index contributed by atoms with van der Waals surface area (Å²) in [7, 11) is 0. The molecule has 462 valence electrons. The van der Waals surface area contributed by atoms with Gasteiger partial charge < -0.3 is 14.2 Å². The Kier molecular flexibility index (Phi) is 65.6. The van der Waals surface area contributed by atoms with Gasteiger partial charge in [0.05, 0.1) is 0 Å². The van der Waals surface area contributed by atoms with Gasteiger partial charge in [-0.25, -0.2) is 0 Å². The van der Waals surface area contributed by atoms with Gasteiger partial charge in [0.1, 0.15) is 13.2 Å². The second kappa shape index (κ2) is 67.9. The Hall–Kier alpha value is -2.63. The molecule has 0 aliphatic heterocycles. The molecule has 0 saturated heterocycles. The quantitative estimate of drug-likeness (QED) is 0.0261. The molecule has 6 nitrogen and oxygen atoms in total. The normalized spacial score (nSPS) is 12.3. The van der Waals surface area contributed by atoms with Crippen molar-refractivity contribution in [2.75, 3.05) is 13.2 Å². The van der Waals surface area contributed by atoms with E-state index in [4.69, 9.17) is 14.2 Å². The first kappa shape index (κ1) is 76.4. The summed E-state index contributed by atoms with van der Waals surface area (Å²) in [5.74, 6) is -0.867. The Bertz CT molecular complexity index is 1360. The number of esters is 3. The summed E-state index contributed by atoms with van der Waals surface area (Å²) in [6, 6.07) is 0. The lowest BCUT2D eigenvalue weighted by Gasteiger charge is -2.18. The molecule has 0 amide bonds. The molecule has 0 fully saturated rings. The van der Waals surface area contributed by atoms with Gasteiger partial charge in [0, 0.05) is 19.3 Å². The van der Waals surface area contributed by atoms with E-state index in [1.807, 2.05) is 0 Å². The molecule has 0 aromatic heterocycles. The van der Waals surface area contributed by atoms with Crippen molar-refractivity contribution in [2.45, 2.75) is 386 Å². The highest BCUT2D eigenvalue weighted by atomic mass is 16.6. The number of allylic oxidation sites excluding steroid dienone is 8. The maximum Gasteiger partial charge on any atom is 0.306 e. The van der Waals surface area contributed by atoms with Crippen LogP contribution in [0.5, 0.6) is 0 Å². The number of carbonyl (C=O) groups excluding carboxylic acids is 3. The van der Waals surface area contributed by atoms with Crippen LogP contribution in [-0.2, 0) is 28.6 Å². The number of ether oxygens (including phenoxy) is 3. The Morgan fingerprint density at radius 2 is 0.494 bits per heavy atom. The van der Waals surface area contributed by atoms with E-state index in [-0.39, 0.29) is 31.1 Å². The fourth-order valence-electron chi connectivity index (χ4n) is 10.6. The smallest absolute Gasteiger partial charge is 0.306 e. The van der Waals surface area contributed by atoms with Gasteiger partial charge in [0.25, 0.3) is 0 Å². The highest BCUT2D eigenvalue weighted by Gasteiger charge is 2.19. The molecule has 79 heavy (non-hydrogen) atoms. The third kappa shape index (κ3) is 66.1. The Labute approximate surface area is 492 Å². The fourth-order valence-corrected chi connectivity index (χ4v) is 10.6. The van der Waals surface area contributed by atoms with Gasteiger partial charge in [-0.05, 0) is 77.0 Å². The summed E-state index contributed by atoms with van der Waals surface area (Å²) in [4.78, 5) is 38.4. The zero-order valence-corrected chi connectivity index (χ0v) is 53.2. The molecular weight excluding hydrogens is 973 g/mol. The lowest BCUT2D eigenvalue weighted by Crippen LogP contribution is -2.30. The van der Waals surface area contributed by atoms with Gasteiger partial charge in [-0.1, -0.05) is 333 Å². The molecular formula is C73H134O6. The predicted octanol–water partition coefficient (Wildman–Crippen LogP) is 24.1. The maximum absolute atomic E-state index is 12.9. The molecule has 1 atom stereocenters. The predicted molar refractivity (Wildman–Crippen MR) is 344 cm³/mol. The lowest BCUT2D eigenvalue weighted by molar-refractivity contribution is -0.167. The topological polar surface area (TPSA) is 78.9 Å². The number of hydrogen-bond acceptors (Lipinski definition) is 6. The number of rotatable bonds is 65. The van der Waals surface area contributed by atoms with Gasteiger partial charge in [0.15, 0.2) is 6.10 Å². The summed E-state index contributed by atoms with van der Waals surface area (Å²) < 4.78 is 17.0. The van der Waals surface area contributed by atoms with Crippen molar-refractivity contribution in [3.05, 3.63) is 48.6 Å². The van der Waals surface area contributed by atoms with E-state index in [2.05, 4.69) is 69.4 Å². The highest BCUT2D eigenvalue weighted by Crippen LogP contribution is 2.18. The van der Waals surface area contributed by atoms with Crippen LogP contribution < -0.4 is 0 Å². The van der Waals surface area contributed by atoms with E-state index >= 15 is 0 Å². The summed E-state index contributed by atoms with van der Waals surface area (Å²) in [5.41, 5.74) is 0. The monoisotopic (exact) mass is 1110 g/mol. The molecule has 0 bridgehead atoms. The van der Waals surface area contributed by atoms with E-state index < -0.39 is 6.10 Å². The molecule has 0 aliphatic carbocycles. The average Bonchev–Trinajstić information content (AvgIpc) is 3.45. The van der Waals surface area contributed by atoms with Crippen LogP contribution in [0.3, 0.4) is 0 Å². The van der Waals surface area contributed by atoms with Crippen molar-refractivity contribution in [2.24, 2.45) is 0 Å². The Balaban J connectivity index is 4.15. The van der Waals surface area contributed by atoms with E-state index in [0.29, 0.717) is 19.3 Å². The average molecular weight is 1110 g/mol. The van der Waals surface area contributed by atoms with Crippen molar-refractivity contribution in [3.8, 4) is 0 Å². The molecule has 0 aromatic carbocycles. The summed E-state index contributed by atoms with van der Waals surface area (Å²) in [5, 5.41) is 0. The molecule has 0 radical (unpaired) electrons. The van der Waals surface area contributed by atoms with Gasteiger partial charge in [-0.2, -0.15) is 0 Å². The molecule has 0 spiro atoms. The van der Waals surface area contributed by atoms with Crippen molar-refractivity contribution in [1.82, 2.24) is 0 Å². The zero-order chi connectivity index (χ0) is 57.1. The third-order valence-corrected chi connectivity index (χ3v) is 15.8. The van der Waals surface area contributed by atoms with E-state index in [9.17, 15) is 14.4 Å². The number of unbranched alkanes of at least 4 members (excludes halogenated alkanes) is 46. The molecule has 6 heteroatoms. The molecule has 0 aromatic rings. The van der Waals surface area contributed by atoms with Crippen LogP contribution in [0.2, 0.25) is 0 Å². The maximum atomic E-state index is 12.9. The SMILES string of the molecule is CC/C=C\C/C=C\C/C=C\CCCCCCCC(=O)OC(COC(=O)CCCCCCCCCCCCCCCCC)COC(=O)CCCCCCCCCCCCCCCCCCCCC/C=C\CCCCCCCCCC. The standard InChI is InChI=1S/C73H134O6/c1-4-7-10-13-16-19-22-25-28-29-30-31-32-33-34-35-36-37-38-39-40-41-42-43-46-48-51-54-57-60-63-66-72(75)78-69-70(79-73(76)67-64-61-58-55-52-49-45-27-24-21-18-15-12-9-6-3)68-77-71(74)65-62-59-56-53-50-47-44-26-23-20-17-14-11-8-5-2/h9,12,18,21,27,29-30,45,70H,4-8,10-11,13-17,19-20,22-26,28,31-44,46-69H2,1-3H3/b12-9-,21-18-,30-29-,45-27-. The van der Waals surface area contributed by atoms with Crippen molar-refractivity contribution in [1.29, 1.82) is 0 Å². The van der Waals surface area contributed by atoms with Crippen LogP contribution in [0.25, 0.3) is 0 Å². The molecule has 0 heterocycles. The van der Waals surface area contributed by atoms with Crippen molar-refractivity contribution in [3.63, 3.8) is 0 Å². The van der Waals surface area contributed by atoms with Crippen molar-refractivity contribution >= 4 is 17.9 Å². The second-order valence-corrected chi connectivity index (χ2v) is 23.8. The molecule has 0 rings (SSSR count). The molecule has 1 unspecified atom stereocenters. The van der Waals surface area contributed by atoms with Crippen LogP contribution in [0, 0.1) is 0 Å². The van der Waals surface area contributed by atoms with Gasteiger partial charge >= 0.3 is 17.9 Å². The van der Waals surface area contributed by atoms with E-state index in [0.717, 1.165) is 96.3 Å². The third-order valence-electron chi connectivity index (χ3n) is 15.8. The Morgan fingerprint density at radius 3 is 0.785 bits per heavy atom. The summed E-state index contributed by atoms with van der Waals surface area (Å²) in [6.45, 7) is 6.58. The summed E-state index contributed by atoms with van der Waals surface area (Å²) >= 11 is 0. The minimum Gasteiger partial charge on any atom is -0.462 e. The number of hydrogen-bond donors (Lipinski definition) is 0. The lowest BCUT2D eigenvalue weighted by atomic mass is 10.0. The molecule has 0 N–H and O–H groups in total. The minimum absolute atomic E-state index is 0.0753. The fraction of sp³-hybridized carbons (Fsp3) is 0.849. The van der Waals surface area contributed by atoms with Crippen LogP contribution >= 0.6 is 0 Å². The first-order chi connectivity index (χ1) is 39.0. The largest absolute Gasteiger partial charge is 0.462 e. The first-order valence-corrected chi connectivity index (χ1v) is 35.1. The van der Waals surface area contributed by atoms with Gasteiger partial charge in [-0.15, -0.1) is 0 Å². The van der Waals surface area contributed by atoms with E-state index in [1.165, 1.54) is 244 Å². The van der Waals surface area contributed by atoms with Crippen LogP contribution in [0.1, 0.15) is 380 Å². The Morgan fingerprint density at radius 1 is 0.266 bits per heavy atom. The zero-order valence-electron chi connectivity index (χ0n) is 53.2. The number of carbonyl (C=O) groups is 3. The van der Waals surface area contributed by atoms with Crippen LogP contribution in [0.4, 0.5) is 0 Å². The van der Waals surface area contributed by atoms with Crippen LogP contribution in [0.15, 0.2) is 48.6 Å². The minimum atomic E-state index is -0.780. The van der Waals surface area contributed by atoms with Crippen molar-refractivity contribution < 1.29 is 28.6 Å². The first-order valence-electron chi connectivity index (χ1n) is 35.1. The van der Waals surface area contributed by atoms with Gasteiger partial charge in [0.2, 0.25) is 0 Å². The van der Waals surface area contributed by atoms with Crippen LogP contribution in [-0.4, -0.2) is 37.2 Å². The molecule has 0 saturated carbocycles.